The van der Waals surface area contributed by atoms with E-state index in [0.717, 1.165) is 6.42 Å². The molecule has 2 rings (SSSR count). The van der Waals surface area contributed by atoms with Crippen molar-refractivity contribution in [3.05, 3.63) is 35.9 Å². The van der Waals surface area contributed by atoms with Crippen molar-refractivity contribution in [2.75, 3.05) is 6.26 Å². The lowest BCUT2D eigenvalue weighted by Gasteiger charge is -2.29. The molecule has 1 aliphatic rings. The van der Waals surface area contributed by atoms with Gasteiger partial charge in [0.2, 0.25) is 0 Å². The van der Waals surface area contributed by atoms with Crippen LogP contribution in [0.25, 0.3) is 0 Å². The third-order valence-electron chi connectivity index (χ3n) is 4.14. The molecule has 0 saturated heterocycles. The van der Waals surface area contributed by atoms with Crippen LogP contribution >= 0.6 is 0 Å². The summed E-state index contributed by atoms with van der Waals surface area (Å²) in [7, 11) is -3.26. The molecule has 1 saturated carbocycles. The van der Waals surface area contributed by atoms with Crippen molar-refractivity contribution in [3.8, 4) is 0 Å². The molecule has 1 N–H and O–H groups in total. The third-order valence-corrected chi connectivity index (χ3v) is 6.29. The second kappa shape index (κ2) is 4.35. The molecule has 0 radical (unpaired) electrons. The first-order valence-corrected chi connectivity index (χ1v) is 8.07. The number of aliphatic hydroxyl groups is 1. The minimum absolute atomic E-state index is 0.0529. The Morgan fingerprint density at radius 3 is 2.33 bits per heavy atom. The van der Waals surface area contributed by atoms with Gasteiger partial charge in [-0.15, -0.1) is 0 Å². The van der Waals surface area contributed by atoms with Gasteiger partial charge in [0.1, 0.15) is 0 Å². The fourth-order valence-corrected chi connectivity index (χ4v) is 3.00. The van der Waals surface area contributed by atoms with Gasteiger partial charge in [0, 0.05) is 6.26 Å². The van der Waals surface area contributed by atoms with Crippen molar-refractivity contribution in [2.45, 2.75) is 37.0 Å². The van der Waals surface area contributed by atoms with Gasteiger partial charge in [0.25, 0.3) is 0 Å². The SMILES string of the molecule is CC(C)(C(O)C1CC1c1ccccc1)S(C)(=O)=O. The minimum atomic E-state index is -3.26. The van der Waals surface area contributed by atoms with Crippen molar-refractivity contribution in [3.63, 3.8) is 0 Å². The molecule has 3 nitrogen and oxygen atoms in total. The standard InChI is InChI=1S/C14H20O3S/c1-14(2,18(3,16)17)13(15)12-9-11(12)10-7-5-4-6-8-10/h4-8,11-13,15H,9H2,1-3H3. The summed E-state index contributed by atoms with van der Waals surface area (Å²) in [6, 6.07) is 9.96. The molecule has 0 heterocycles. The Labute approximate surface area is 109 Å². The van der Waals surface area contributed by atoms with Gasteiger partial charge in [-0.05, 0) is 37.7 Å². The van der Waals surface area contributed by atoms with E-state index >= 15 is 0 Å². The predicted molar refractivity (Wildman–Crippen MR) is 72.2 cm³/mol. The Hall–Kier alpha value is -0.870. The van der Waals surface area contributed by atoms with Crippen molar-refractivity contribution in [1.82, 2.24) is 0 Å². The van der Waals surface area contributed by atoms with Crippen LogP contribution in [0.4, 0.5) is 0 Å². The van der Waals surface area contributed by atoms with Gasteiger partial charge in [-0.3, -0.25) is 0 Å². The molecule has 1 aromatic rings. The molecule has 0 amide bonds. The van der Waals surface area contributed by atoms with Crippen LogP contribution in [-0.2, 0) is 9.84 Å². The fraction of sp³-hybridized carbons (Fsp3) is 0.571. The number of aliphatic hydroxyl groups excluding tert-OH is 1. The maximum absolute atomic E-state index is 11.7. The van der Waals surface area contributed by atoms with Gasteiger partial charge in [-0.2, -0.15) is 0 Å². The normalized spacial score (nSPS) is 25.8. The average molecular weight is 268 g/mol. The Bertz CT molecular complexity index is 519. The van der Waals surface area contributed by atoms with Crippen LogP contribution in [0.1, 0.15) is 31.7 Å². The van der Waals surface area contributed by atoms with E-state index in [-0.39, 0.29) is 5.92 Å². The van der Waals surface area contributed by atoms with Crippen LogP contribution in [0.3, 0.4) is 0 Å². The molecule has 0 aliphatic heterocycles. The van der Waals surface area contributed by atoms with Crippen LogP contribution in [0, 0.1) is 5.92 Å². The van der Waals surface area contributed by atoms with Gasteiger partial charge < -0.3 is 5.11 Å². The maximum atomic E-state index is 11.7. The van der Waals surface area contributed by atoms with Crippen LogP contribution in [0.2, 0.25) is 0 Å². The van der Waals surface area contributed by atoms with E-state index in [1.54, 1.807) is 13.8 Å². The lowest BCUT2D eigenvalue weighted by Crippen LogP contribution is -2.44. The first kappa shape index (κ1) is 13.6. The number of hydrogen-bond acceptors (Lipinski definition) is 3. The van der Waals surface area contributed by atoms with Gasteiger partial charge in [0.15, 0.2) is 9.84 Å². The zero-order chi connectivity index (χ0) is 13.6. The van der Waals surface area contributed by atoms with E-state index in [4.69, 9.17) is 0 Å². The van der Waals surface area contributed by atoms with Gasteiger partial charge in [-0.25, -0.2) is 8.42 Å². The van der Waals surface area contributed by atoms with Gasteiger partial charge in [-0.1, -0.05) is 30.3 Å². The molecule has 1 aliphatic carbocycles. The lowest BCUT2D eigenvalue weighted by molar-refractivity contribution is 0.113. The molecule has 3 unspecified atom stereocenters. The monoisotopic (exact) mass is 268 g/mol. The number of sulfone groups is 1. The van der Waals surface area contributed by atoms with Crippen LogP contribution in [0.15, 0.2) is 30.3 Å². The maximum Gasteiger partial charge on any atom is 0.155 e. The molecule has 1 fully saturated rings. The largest absolute Gasteiger partial charge is 0.391 e. The first-order chi connectivity index (χ1) is 8.25. The van der Waals surface area contributed by atoms with Crippen molar-refractivity contribution in [2.24, 2.45) is 5.92 Å². The van der Waals surface area contributed by atoms with E-state index in [2.05, 4.69) is 0 Å². The molecule has 4 heteroatoms. The molecule has 0 bridgehead atoms. The van der Waals surface area contributed by atoms with Crippen molar-refractivity contribution < 1.29 is 13.5 Å². The van der Waals surface area contributed by atoms with Crippen LogP contribution in [-0.4, -0.2) is 30.6 Å². The van der Waals surface area contributed by atoms with E-state index in [1.165, 1.54) is 11.8 Å². The summed E-state index contributed by atoms with van der Waals surface area (Å²) in [5, 5.41) is 10.3. The average Bonchev–Trinajstić information content (AvgIpc) is 3.07. The van der Waals surface area contributed by atoms with Crippen LogP contribution < -0.4 is 0 Å². The summed E-state index contributed by atoms with van der Waals surface area (Å²) in [6.45, 7) is 3.21. The van der Waals surface area contributed by atoms with E-state index < -0.39 is 20.7 Å². The number of hydrogen-bond donors (Lipinski definition) is 1. The summed E-state index contributed by atoms with van der Waals surface area (Å²) in [5.41, 5.74) is 1.19. The highest BCUT2D eigenvalue weighted by Gasteiger charge is 2.52. The predicted octanol–water partition coefficient (Wildman–Crippen LogP) is 1.97. The Morgan fingerprint density at radius 1 is 1.28 bits per heavy atom. The molecular weight excluding hydrogens is 248 g/mol. The molecular formula is C14H20O3S. The second-order valence-electron chi connectivity index (χ2n) is 5.74. The quantitative estimate of drug-likeness (QED) is 0.908. The molecule has 0 spiro atoms. The Kier molecular flexibility index (Phi) is 3.28. The summed E-state index contributed by atoms with van der Waals surface area (Å²) < 4.78 is 22.3. The van der Waals surface area contributed by atoms with Crippen molar-refractivity contribution >= 4 is 9.84 Å². The zero-order valence-electron chi connectivity index (χ0n) is 11.0. The third kappa shape index (κ3) is 2.31. The van der Waals surface area contributed by atoms with E-state index in [0.29, 0.717) is 5.92 Å². The van der Waals surface area contributed by atoms with Gasteiger partial charge >= 0.3 is 0 Å². The van der Waals surface area contributed by atoms with Crippen molar-refractivity contribution in [1.29, 1.82) is 0 Å². The summed E-state index contributed by atoms with van der Waals surface area (Å²) in [6.07, 6.45) is 1.25. The topological polar surface area (TPSA) is 54.4 Å². The highest BCUT2D eigenvalue weighted by molar-refractivity contribution is 7.92. The zero-order valence-corrected chi connectivity index (χ0v) is 11.8. The van der Waals surface area contributed by atoms with Gasteiger partial charge in [0.05, 0.1) is 10.9 Å². The fourth-order valence-electron chi connectivity index (χ4n) is 2.38. The van der Waals surface area contributed by atoms with E-state index in [1.807, 2.05) is 30.3 Å². The molecule has 3 atom stereocenters. The molecule has 0 aromatic heterocycles. The minimum Gasteiger partial charge on any atom is -0.391 e. The second-order valence-corrected chi connectivity index (χ2v) is 8.33. The summed E-state index contributed by atoms with van der Waals surface area (Å²) in [5.74, 6) is 0.347. The molecule has 100 valence electrons. The first-order valence-electron chi connectivity index (χ1n) is 6.18. The summed E-state index contributed by atoms with van der Waals surface area (Å²) >= 11 is 0. The number of benzene rings is 1. The smallest absolute Gasteiger partial charge is 0.155 e. The molecule has 1 aromatic carbocycles. The van der Waals surface area contributed by atoms with E-state index in [9.17, 15) is 13.5 Å². The molecule has 18 heavy (non-hydrogen) atoms. The highest BCUT2D eigenvalue weighted by Crippen LogP contribution is 2.52. The number of rotatable bonds is 4. The Balaban J connectivity index is 2.13. The van der Waals surface area contributed by atoms with Crippen LogP contribution in [0.5, 0.6) is 0 Å². The highest BCUT2D eigenvalue weighted by atomic mass is 32.2. The Morgan fingerprint density at radius 2 is 1.83 bits per heavy atom. The lowest BCUT2D eigenvalue weighted by atomic mass is 9.98. The summed E-state index contributed by atoms with van der Waals surface area (Å²) in [4.78, 5) is 0.